The fraction of sp³-hybridized carbons (Fsp3) is 0.357. The van der Waals surface area contributed by atoms with Crippen molar-refractivity contribution >= 4 is 29.3 Å². The molecule has 1 aromatic heterocycles. The Morgan fingerprint density at radius 1 is 1.50 bits per heavy atom. The van der Waals surface area contributed by atoms with E-state index in [4.69, 9.17) is 21.4 Å². The smallest absolute Gasteiger partial charge is 0.313 e. The molecular formula is C14H16ClN3O3S. The van der Waals surface area contributed by atoms with Crippen molar-refractivity contribution in [3.63, 3.8) is 0 Å². The molecule has 0 unspecified atom stereocenters. The number of halogens is 1. The van der Waals surface area contributed by atoms with E-state index in [0.29, 0.717) is 16.0 Å². The minimum absolute atomic E-state index is 0.0948. The van der Waals surface area contributed by atoms with Gasteiger partial charge in [0.1, 0.15) is 6.10 Å². The van der Waals surface area contributed by atoms with Crippen LogP contribution in [0.4, 0.5) is 0 Å². The van der Waals surface area contributed by atoms with Gasteiger partial charge in [0, 0.05) is 12.1 Å². The number of carbonyl (C=O) groups is 1. The van der Waals surface area contributed by atoms with Gasteiger partial charge in [-0.1, -0.05) is 36.4 Å². The number of rotatable bonds is 7. The Hall–Kier alpha value is -1.57. The Morgan fingerprint density at radius 2 is 2.27 bits per heavy atom. The number of hydrogen-bond acceptors (Lipinski definition) is 5. The second-order valence-corrected chi connectivity index (χ2v) is 5.85. The van der Waals surface area contributed by atoms with Crippen molar-refractivity contribution in [2.75, 3.05) is 12.9 Å². The Labute approximate surface area is 137 Å². The van der Waals surface area contributed by atoms with E-state index in [9.17, 15) is 4.79 Å². The molecule has 0 amide bonds. The van der Waals surface area contributed by atoms with Gasteiger partial charge in [-0.05, 0) is 24.6 Å². The average molecular weight is 342 g/mol. The van der Waals surface area contributed by atoms with Gasteiger partial charge in [0.15, 0.2) is 11.0 Å². The zero-order valence-electron chi connectivity index (χ0n) is 12.2. The molecule has 0 aliphatic carbocycles. The fourth-order valence-corrected chi connectivity index (χ4v) is 2.89. The number of nitrogens with zero attached hydrogens (tertiary/aromatic N) is 3. The summed E-state index contributed by atoms with van der Waals surface area (Å²) in [7, 11) is 1.61. The second-order valence-electron chi connectivity index (χ2n) is 4.47. The van der Waals surface area contributed by atoms with Crippen molar-refractivity contribution in [1.82, 2.24) is 14.8 Å². The third-order valence-corrected chi connectivity index (χ3v) is 4.14. The van der Waals surface area contributed by atoms with E-state index >= 15 is 0 Å². The molecule has 1 aromatic carbocycles. The fourth-order valence-electron chi connectivity index (χ4n) is 2.02. The first-order chi connectivity index (χ1) is 10.6. The number of benzene rings is 1. The number of aromatic nitrogens is 3. The summed E-state index contributed by atoms with van der Waals surface area (Å²) < 4.78 is 7.22. The lowest BCUT2D eigenvalue weighted by atomic mass is 10.2. The molecule has 1 N–H and O–H groups in total. The highest BCUT2D eigenvalue weighted by atomic mass is 35.5. The van der Waals surface area contributed by atoms with E-state index < -0.39 is 5.97 Å². The molecule has 2 aromatic rings. The molecule has 0 radical (unpaired) electrons. The molecule has 0 fully saturated rings. The largest absolute Gasteiger partial charge is 0.481 e. The molecule has 0 aliphatic rings. The first-order valence-corrected chi connectivity index (χ1v) is 8.01. The third kappa shape index (κ3) is 3.79. The van der Waals surface area contributed by atoms with Gasteiger partial charge >= 0.3 is 5.97 Å². The lowest BCUT2D eigenvalue weighted by molar-refractivity contribution is -0.133. The van der Waals surface area contributed by atoms with Crippen molar-refractivity contribution in [3.8, 4) is 5.69 Å². The summed E-state index contributed by atoms with van der Waals surface area (Å²) in [4.78, 5) is 10.8. The monoisotopic (exact) mass is 341 g/mol. The van der Waals surface area contributed by atoms with E-state index in [1.54, 1.807) is 23.8 Å². The van der Waals surface area contributed by atoms with Gasteiger partial charge in [-0.15, -0.1) is 10.2 Å². The molecule has 0 aliphatic heterocycles. The van der Waals surface area contributed by atoms with E-state index in [-0.39, 0.29) is 11.9 Å². The van der Waals surface area contributed by atoms with Crippen LogP contribution >= 0.6 is 23.4 Å². The Morgan fingerprint density at radius 3 is 2.86 bits per heavy atom. The van der Waals surface area contributed by atoms with Crippen LogP contribution < -0.4 is 0 Å². The molecule has 2 rings (SSSR count). The molecule has 0 bridgehead atoms. The van der Waals surface area contributed by atoms with Gasteiger partial charge in [0.05, 0.1) is 11.4 Å². The van der Waals surface area contributed by atoms with Crippen LogP contribution in [0.3, 0.4) is 0 Å². The summed E-state index contributed by atoms with van der Waals surface area (Å²) in [6, 6.07) is 7.24. The maximum Gasteiger partial charge on any atom is 0.313 e. The van der Waals surface area contributed by atoms with Crippen LogP contribution in [0.5, 0.6) is 0 Å². The first-order valence-electron chi connectivity index (χ1n) is 6.65. The number of thioether (sulfide) groups is 1. The molecular weight excluding hydrogens is 326 g/mol. The maximum absolute atomic E-state index is 10.8. The zero-order valence-corrected chi connectivity index (χ0v) is 13.8. The van der Waals surface area contributed by atoms with Crippen LogP contribution in [0.2, 0.25) is 5.02 Å². The third-order valence-electron chi connectivity index (χ3n) is 2.99. The predicted molar refractivity (Wildman–Crippen MR) is 84.8 cm³/mol. The highest BCUT2D eigenvalue weighted by Gasteiger charge is 2.21. The minimum atomic E-state index is -0.911. The van der Waals surface area contributed by atoms with Crippen molar-refractivity contribution in [2.45, 2.75) is 24.6 Å². The van der Waals surface area contributed by atoms with E-state index in [2.05, 4.69) is 10.2 Å². The number of carboxylic acid groups (broad SMARTS) is 1. The summed E-state index contributed by atoms with van der Waals surface area (Å²) in [5, 5.41) is 18.2. The Bertz CT molecular complexity index is 659. The van der Waals surface area contributed by atoms with Gasteiger partial charge in [-0.2, -0.15) is 0 Å². The highest BCUT2D eigenvalue weighted by molar-refractivity contribution is 7.99. The zero-order chi connectivity index (χ0) is 16.1. The summed E-state index contributed by atoms with van der Waals surface area (Å²) in [5.74, 6) is -0.381. The van der Waals surface area contributed by atoms with Crippen LogP contribution in [0.1, 0.15) is 25.3 Å². The van der Waals surface area contributed by atoms with Crippen molar-refractivity contribution in [3.05, 3.63) is 35.1 Å². The van der Waals surface area contributed by atoms with E-state index in [1.807, 2.05) is 19.1 Å². The SMILES string of the molecule is CC[C@@H](OC)c1nnc(SCC(=O)O)n1-c1cccc(Cl)c1. The number of methoxy groups -OCH3 is 1. The van der Waals surface area contributed by atoms with Gasteiger partial charge in [0.2, 0.25) is 0 Å². The second kappa shape index (κ2) is 7.62. The van der Waals surface area contributed by atoms with Crippen LogP contribution in [-0.2, 0) is 9.53 Å². The summed E-state index contributed by atoms with van der Waals surface area (Å²) in [5.41, 5.74) is 0.774. The number of aliphatic carboxylic acids is 1. The van der Waals surface area contributed by atoms with Crippen molar-refractivity contribution in [2.24, 2.45) is 0 Å². The van der Waals surface area contributed by atoms with Gasteiger partial charge < -0.3 is 9.84 Å². The molecule has 118 valence electrons. The average Bonchev–Trinajstić information content (AvgIpc) is 2.90. The molecule has 0 saturated heterocycles. The molecule has 6 nitrogen and oxygen atoms in total. The molecule has 1 atom stereocenters. The summed E-state index contributed by atoms with van der Waals surface area (Å²) in [6.45, 7) is 1.98. The Kier molecular flexibility index (Phi) is 5.82. The molecule has 1 heterocycles. The normalized spacial score (nSPS) is 12.3. The van der Waals surface area contributed by atoms with E-state index in [1.165, 1.54) is 0 Å². The van der Waals surface area contributed by atoms with Crippen molar-refractivity contribution in [1.29, 1.82) is 0 Å². The molecule has 22 heavy (non-hydrogen) atoms. The van der Waals surface area contributed by atoms with Crippen molar-refractivity contribution < 1.29 is 14.6 Å². The topological polar surface area (TPSA) is 77.2 Å². The van der Waals surface area contributed by atoms with Crippen LogP contribution in [0.15, 0.2) is 29.4 Å². The highest BCUT2D eigenvalue weighted by Crippen LogP contribution is 2.28. The van der Waals surface area contributed by atoms with Gasteiger partial charge in [0.25, 0.3) is 0 Å². The molecule has 0 saturated carbocycles. The van der Waals surface area contributed by atoms with Gasteiger partial charge in [-0.3, -0.25) is 9.36 Å². The predicted octanol–water partition coefficient (Wildman–Crippen LogP) is 3.19. The van der Waals surface area contributed by atoms with Crippen LogP contribution in [-0.4, -0.2) is 38.7 Å². The minimum Gasteiger partial charge on any atom is -0.481 e. The first kappa shape index (κ1) is 16.8. The van der Waals surface area contributed by atoms with Crippen LogP contribution in [0.25, 0.3) is 5.69 Å². The maximum atomic E-state index is 10.8. The summed E-state index contributed by atoms with van der Waals surface area (Å²) >= 11 is 7.16. The standard InChI is InChI=1S/C14H16ClN3O3S/c1-3-11(21-2)13-16-17-14(22-8-12(19)20)18(13)10-6-4-5-9(15)7-10/h4-7,11H,3,8H2,1-2H3,(H,19,20)/t11-/m1/s1. The Balaban J connectivity index is 2.49. The van der Waals surface area contributed by atoms with Gasteiger partial charge in [-0.25, -0.2) is 0 Å². The molecule has 8 heteroatoms. The lowest BCUT2D eigenvalue weighted by Gasteiger charge is -2.15. The summed E-state index contributed by atoms with van der Waals surface area (Å²) in [6.07, 6.45) is 0.490. The van der Waals surface area contributed by atoms with Crippen LogP contribution in [0, 0.1) is 0 Å². The number of hydrogen-bond donors (Lipinski definition) is 1. The number of carboxylic acids is 1. The lowest BCUT2D eigenvalue weighted by Crippen LogP contribution is -2.10. The number of ether oxygens (including phenoxy) is 1. The van der Waals surface area contributed by atoms with E-state index in [0.717, 1.165) is 23.9 Å². The molecule has 0 spiro atoms. The quantitative estimate of drug-likeness (QED) is 0.779.